The predicted octanol–water partition coefficient (Wildman–Crippen LogP) is 2.34. The SMILES string of the molecule is Cc1cc(N(C)C2CCN(C)CC2)ccc1C=O. The molecule has 0 aromatic heterocycles. The molecule has 1 aromatic carbocycles. The number of likely N-dealkylation sites (tertiary alicyclic amines) is 1. The lowest BCUT2D eigenvalue weighted by atomic mass is 10.0. The first kappa shape index (κ1) is 13.1. The van der Waals surface area contributed by atoms with Crippen molar-refractivity contribution in [2.75, 3.05) is 32.1 Å². The second-order valence-corrected chi connectivity index (χ2v) is 5.30. The highest BCUT2D eigenvalue weighted by atomic mass is 16.1. The first-order chi connectivity index (χ1) is 8.61. The maximum atomic E-state index is 10.8. The van der Waals surface area contributed by atoms with Crippen LogP contribution in [0.5, 0.6) is 0 Å². The van der Waals surface area contributed by atoms with Crippen LogP contribution in [0, 0.1) is 6.92 Å². The number of anilines is 1. The van der Waals surface area contributed by atoms with Crippen LogP contribution in [0.4, 0.5) is 5.69 Å². The van der Waals surface area contributed by atoms with E-state index in [0.29, 0.717) is 6.04 Å². The molecule has 0 aliphatic carbocycles. The summed E-state index contributed by atoms with van der Waals surface area (Å²) < 4.78 is 0. The first-order valence-corrected chi connectivity index (χ1v) is 6.59. The minimum absolute atomic E-state index is 0.614. The third-order valence-electron chi connectivity index (χ3n) is 4.02. The average molecular weight is 246 g/mol. The highest BCUT2D eigenvalue weighted by Gasteiger charge is 2.20. The molecule has 1 fully saturated rings. The van der Waals surface area contributed by atoms with Gasteiger partial charge in [0, 0.05) is 24.3 Å². The highest BCUT2D eigenvalue weighted by molar-refractivity contribution is 5.78. The average Bonchev–Trinajstić information content (AvgIpc) is 2.38. The largest absolute Gasteiger partial charge is 0.372 e. The van der Waals surface area contributed by atoms with E-state index >= 15 is 0 Å². The highest BCUT2D eigenvalue weighted by Crippen LogP contribution is 2.23. The van der Waals surface area contributed by atoms with Crippen molar-refractivity contribution in [3.05, 3.63) is 29.3 Å². The molecular weight excluding hydrogens is 224 g/mol. The van der Waals surface area contributed by atoms with Gasteiger partial charge in [-0.25, -0.2) is 0 Å². The Labute approximate surface area is 109 Å². The molecule has 0 radical (unpaired) electrons. The summed E-state index contributed by atoms with van der Waals surface area (Å²) in [5.41, 5.74) is 3.06. The van der Waals surface area contributed by atoms with Crippen LogP contribution in [-0.4, -0.2) is 44.4 Å². The number of aryl methyl sites for hydroxylation is 1. The monoisotopic (exact) mass is 246 g/mol. The summed E-state index contributed by atoms with van der Waals surface area (Å²) in [5.74, 6) is 0. The van der Waals surface area contributed by atoms with E-state index in [4.69, 9.17) is 0 Å². The van der Waals surface area contributed by atoms with E-state index in [1.165, 1.54) is 31.6 Å². The van der Waals surface area contributed by atoms with Gasteiger partial charge in [-0.3, -0.25) is 4.79 Å². The van der Waals surface area contributed by atoms with Crippen molar-refractivity contribution in [1.82, 2.24) is 4.90 Å². The van der Waals surface area contributed by atoms with E-state index < -0.39 is 0 Å². The Balaban J connectivity index is 2.11. The number of nitrogens with zero attached hydrogens (tertiary/aromatic N) is 2. The van der Waals surface area contributed by atoms with Crippen LogP contribution in [0.2, 0.25) is 0 Å². The van der Waals surface area contributed by atoms with Gasteiger partial charge in [0.25, 0.3) is 0 Å². The Morgan fingerprint density at radius 1 is 1.33 bits per heavy atom. The van der Waals surface area contributed by atoms with Crippen molar-refractivity contribution < 1.29 is 4.79 Å². The third-order valence-corrected chi connectivity index (χ3v) is 4.02. The van der Waals surface area contributed by atoms with Crippen LogP contribution >= 0.6 is 0 Å². The van der Waals surface area contributed by atoms with Gasteiger partial charge in [0.05, 0.1) is 0 Å². The van der Waals surface area contributed by atoms with Crippen LogP contribution in [0.15, 0.2) is 18.2 Å². The summed E-state index contributed by atoms with van der Waals surface area (Å²) in [4.78, 5) is 15.6. The molecule has 18 heavy (non-hydrogen) atoms. The normalized spacial score (nSPS) is 17.7. The van der Waals surface area contributed by atoms with Gasteiger partial charge in [0.2, 0.25) is 0 Å². The summed E-state index contributed by atoms with van der Waals surface area (Å²) in [6, 6.07) is 6.70. The molecular formula is C15H22N2O. The summed E-state index contributed by atoms with van der Waals surface area (Å²) in [6.45, 7) is 4.33. The lowest BCUT2D eigenvalue weighted by molar-refractivity contribution is 0.112. The lowest BCUT2D eigenvalue weighted by Crippen LogP contribution is -2.42. The standard InChI is InChI=1S/C15H22N2O/c1-12-10-15(5-4-13(12)11-18)17(3)14-6-8-16(2)9-7-14/h4-5,10-11,14H,6-9H2,1-3H3. The van der Waals surface area contributed by atoms with Crippen molar-refractivity contribution in [3.63, 3.8) is 0 Å². The van der Waals surface area contributed by atoms with Gasteiger partial charge in [0.15, 0.2) is 0 Å². The molecule has 1 aromatic rings. The molecule has 0 amide bonds. The summed E-state index contributed by atoms with van der Waals surface area (Å²) in [5, 5.41) is 0. The topological polar surface area (TPSA) is 23.6 Å². The van der Waals surface area contributed by atoms with Gasteiger partial charge in [-0.05, 0) is 63.7 Å². The molecule has 2 rings (SSSR count). The lowest BCUT2D eigenvalue weighted by Gasteiger charge is -2.36. The molecule has 98 valence electrons. The molecule has 1 aliphatic rings. The maximum Gasteiger partial charge on any atom is 0.150 e. The Bertz CT molecular complexity index is 423. The molecule has 1 saturated heterocycles. The number of piperidine rings is 1. The molecule has 0 bridgehead atoms. The van der Waals surface area contributed by atoms with Crippen LogP contribution in [0.25, 0.3) is 0 Å². The summed E-state index contributed by atoms with van der Waals surface area (Å²) in [7, 11) is 4.34. The third kappa shape index (κ3) is 2.72. The second kappa shape index (κ2) is 5.53. The van der Waals surface area contributed by atoms with Crippen molar-refractivity contribution in [3.8, 4) is 0 Å². The fraction of sp³-hybridized carbons (Fsp3) is 0.533. The van der Waals surface area contributed by atoms with E-state index in [1.807, 2.05) is 13.0 Å². The van der Waals surface area contributed by atoms with Crippen LogP contribution < -0.4 is 4.90 Å². The van der Waals surface area contributed by atoms with E-state index in [2.05, 4.69) is 36.0 Å². The number of benzene rings is 1. The first-order valence-electron chi connectivity index (χ1n) is 6.59. The van der Waals surface area contributed by atoms with Crippen molar-refractivity contribution in [1.29, 1.82) is 0 Å². The Hall–Kier alpha value is -1.35. The zero-order valence-electron chi connectivity index (χ0n) is 11.5. The van der Waals surface area contributed by atoms with E-state index in [-0.39, 0.29) is 0 Å². The molecule has 0 spiro atoms. The van der Waals surface area contributed by atoms with Gasteiger partial charge in [-0.2, -0.15) is 0 Å². The van der Waals surface area contributed by atoms with Crippen molar-refractivity contribution >= 4 is 12.0 Å². The number of aldehydes is 1. The molecule has 3 nitrogen and oxygen atoms in total. The van der Waals surface area contributed by atoms with Crippen LogP contribution in [0.3, 0.4) is 0 Å². The fourth-order valence-corrected chi connectivity index (χ4v) is 2.60. The van der Waals surface area contributed by atoms with E-state index in [1.54, 1.807) is 0 Å². The Kier molecular flexibility index (Phi) is 4.02. The number of rotatable bonds is 3. The predicted molar refractivity (Wildman–Crippen MR) is 75.5 cm³/mol. The number of carbonyl (C=O) groups excluding carboxylic acids is 1. The van der Waals surface area contributed by atoms with Gasteiger partial charge >= 0.3 is 0 Å². The molecule has 1 aliphatic heterocycles. The van der Waals surface area contributed by atoms with Gasteiger partial charge in [-0.1, -0.05) is 0 Å². The van der Waals surface area contributed by atoms with Crippen molar-refractivity contribution in [2.24, 2.45) is 0 Å². The maximum absolute atomic E-state index is 10.8. The minimum Gasteiger partial charge on any atom is -0.372 e. The zero-order valence-corrected chi connectivity index (χ0v) is 11.5. The molecule has 0 unspecified atom stereocenters. The van der Waals surface area contributed by atoms with Crippen LogP contribution in [0.1, 0.15) is 28.8 Å². The van der Waals surface area contributed by atoms with Gasteiger partial charge in [0.1, 0.15) is 6.29 Å². The summed E-state index contributed by atoms with van der Waals surface area (Å²) >= 11 is 0. The Morgan fingerprint density at radius 2 is 2.00 bits per heavy atom. The second-order valence-electron chi connectivity index (χ2n) is 5.30. The minimum atomic E-state index is 0.614. The van der Waals surface area contributed by atoms with Crippen LogP contribution in [-0.2, 0) is 0 Å². The number of hydrogen-bond donors (Lipinski definition) is 0. The zero-order chi connectivity index (χ0) is 13.1. The molecule has 1 heterocycles. The van der Waals surface area contributed by atoms with E-state index in [9.17, 15) is 4.79 Å². The smallest absolute Gasteiger partial charge is 0.150 e. The number of hydrogen-bond acceptors (Lipinski definition) is 3. The van der Waals surface area contributed by atoms with Crippen molar-refractivity contribution in [2.45, 2.75) is 25.8 Å². The van der Waals surface area contributed by atoms with Gasteiger partial charge < -0.3 is 9.80 Å². The van der Waals surface area contributed by atoms with E-state index in [0.717, 1.165) is 17.4 Å². The van der Waals surface area contributed by atoms with Gasteiger partial charge in [-0.15, -0.1) is 0 Å². The molecule has 0 saturated carbocycles. The molecule has 3 heteroatoms. The quantitative estimate of drug-likeness (QED) is 0.765. The Morgan fingerprint density at radius 3 is 2.56 bits per heavy atom. The molecule has 0 atom stereocenters. The fourth-order valence-electron chi connectivity index (χ4n) is 2.60. The molecule has 0 N–H and O–H groups in total. The number of carbonyl (C=O) groups is 1. The summed E-state index contributed by atoms with van der Waals surface area (Å²) in [6.07, 6.45) is 3.34.